The maximum Gasteiger partial charge on any atom is 0.345 e. The second-order valence-corrected chi connectivity index (χ2v) is 5.84. The molecule has 126 valence electrons. The van der Waals surface area contributed by atoms with Crippen molar-refractivity contribution in [1.29, 1.82) is 0 Å². The molecule has 8 nitrogen and oxygen atoms in total. The summed E-state index contributed by atoms with van der Waals surface area (Å²) < 4.78 is 1.63. The van der Waals surface area contributed by atoms with Gasteiger partial charge in [0.05, 0.1) is 11.6 Å². The molecule has 0 saturated carbocycles. The van der Waals surface area contributed by atoms with Crippen LogP contribution in [0.3, 0.4) is 0 Å². The molecule has 1 saturated heterocycles. The van der Waals surface area contributed by atoms with Crippen molar-refractivity contribution in [3.8, 4) is 5.82 Å². The number of pyridine rings is 1. The van der Waals surface area contributed by atoms with E-state index in [1.807, 2.05) is 6.07 Å². The molecule has 1 N–H and O–H groups in total. The molecule has 0 radical (unpaired) electrons. The van der Waals surface area contributed by atoms with Crippen LogP contribution in [0.25, 0.3) is 5.82 Å². The molecule has 25 heavy (non-hydrogen) atoms. The zero-order chi connectivity index (χ0) is 17.2. The Labute approximate surface area is 143 Å². The van der Waals surface area contributed by atoms with Gasteiger partial charge in [-0.2, -0.15) is 5.10 Å². The molecule has 0 aromatic carbocycles. The topological polar surface area (TPSA) is 96.8 Å². The highest BCUT2D eigenvalue weighted by Crippen LogP contribution is 2.31. The summed E-state index contributed by atoms with van der Waals surface area (Å²) in [5, 5.41) is 4.12. The molecule has 1 atom stereocenters. The maximum absolute atomic E-state index is 12.9. The summed E-state index contributed by atoms with van der Waals surface area (Å²) in [5.41, 5.74) is 0.827. The molecular weight excluding hydrogens is 320 g/mol. The van der Waals surface area contributed by atoms with Gasteiger partial charge in [0.1, 0.15) is 0 Å². The lowest BCUT2D eigenvalue weighted by molar-refractivity contribution is 0.0732. The van der Waals surface area contributed by atoms with Crippen LogP contribution in [0.1, 0.15) is 34.9 Å². The van der Waals surface area contributed by atoms with Crippen molar-refractivity contribution >= 4 is 5.91 Å². The van der Waals surface area contributed by atoms with Crippen molar-refractivity contribution < 1.29 is 4.79 Å². The molecule has 8 heteroatoms. The predicted molar refractivity (Wildman–Crippen MR) is 89.2 cm³/mol. The number of rotatable bonds is 3. The Hall–Kier alpha value is -3.29. The van der Waals surface area contributed by atoms with Crippen molar-refractivity contribution in [2.24, 2.45) is 0 Å². The summed E-state index contributed by atoms with van der Waals surface area (Å²) in [7, 11) is 0. The summed E-state index contributed by atoms with van der Waals surface area (Å²) >= 11 is 0. The highest BCUT2D eigenvalue weighted by atomic mass is 16.2. The molecule has 3 aromatic heterocycles. The number of nitrogens with one attached hydrogen (secondary N) is 1. The van der Waals surface area contributed by atoms with Gasteiger partial charge in [-0.3, -0.25) is 4.79 Å². The Bertz CT molecular complexity index is 932. The van der Waals surface area contributed by atoms with Crippen LogP contribution in [0, 0.1) is 0 Å². The lowest BCUT2D eigenvalue weighted by Crippen LogP contribution is -2.32. The van der Waals surface area contributed by atoms with Gasteiger partial charge in [0.15, 0.2) is 5.82 Å². The SMILES string of the molecule is O=C(c1ccc(-n2cccn2)nc1)N1CCC[C@H]1c1ccnc(=O)[nH]1. The Morgan fingerprint density at radius 3 is 2.84 bits per heavy atom. The van der Waals surface area contributed by atoms with Gasteiger partial charge in [-0.1, -0.05) is 0 Å². The van der Waals surface area contributed by atoms with Crippen molar-refractivity contribution in [1.82, 2.24) is 29.6 Å². The van der Waals surface area contributed by atoms with Gasteiger partial charge < -0.3 is 9.88 Å². The first kappa shape index (κ1) is 15.3. The second kappa shape index (κ2) is 6.31. The van der Waals surface area contributed by atoms with Gasteiger partial charge in [0.2, 0.25) is 0 Å². The third-order valence-corrected chi connectivity index (χ3v) is 4.30. The van der Waals surface area contributed by atoms with Crippen molar-refractivity contribution in [2.45, 2.75) is 18.9 Å². The highest BCUT2D eigenvalue weighted by molar-refractivity contribution is 5.94. The summed E-state index contributed by atoms with van der Waals surface area (Å²) in [4.78, 5) is 36.8. The summed E-state index contributed by atoms with van der Waals surface area (Å²) in [6.07, 6.45) is 8.19. The minimum Gasteiger partial charge on any atom is -0.330 e. The highest BCUT2D eigenvalue weighted by Gasteiger charge is 2.31. The van der Waals surface area contributed by atoms with E-state index in [1.165, 1.54) is 6.20 Å². The molecule has 3 aromatic rings. The van der Waals surface area contributed by atoms with Gasteiger partial charge in [0, 0.05) is 37.0 Å². The number of carbonyl (C=O) groups is 1. The average Bonchev–Trinajstić information content (AvgIpc) is 3.33. The second-order valence-electron chi connectivity index (χ2n) is 5.84. The van der Waals surface area contributed by atoms with Crippen molar-refractivity contribution in [3.05, 3.63) is 70.8 Å². The zero-order valence-electron chi connectivity index (χ0n) is 13.4. The van der Waals surface area contributed by atoms with Gasteiger partial charge in [0.25, 0.3) is 5.91 Å². The fraction of sp³-hybridized carbons (Fsp3) is 0.235. The van der Waals surface area contributed by atoms with Crippen LogP contribution in [-0.4, -0.2) is 42.1 Å². The molecule has 1 aliphatic heterocycles. The van der Waals surface area contributed by atoms with Crippen LogP contribution in [-0.2, 0) is 0 Å². The fourth-order valence-corrected chi connectivity index (χ4v) is 3.13. The van der Waals surface area contributed by atoms with Crippen LogP contribution in [0.4, 0.5) is 0 Å². The first-order valence-electron chi connectivity index (χ1n) is 8.04. The lowest BCUT2D eigenvalue weighted by Gasteiger charge is -2.24. The van der Waals surface area contributed by atoms with Crippen molar-refractivity contribution in [2.75, 3.05) is 6.54 Å². The number of carbonyl (C=O) groups excluding carboxylic acids is 1. The van der Waals surface area contributed by atoms with E-state index in [2.05, 4.69) is 20.1 Å². The third-order valence-electron chi connectivity index (χ3n) is 4.30. The number of nitrogens with zero attached hydrogens (tertiary/aromatic N) is 5. The number of amides is 1. The smallest absolute Gasteiger partial charge is 0.330 e. The third kappa shape index (κ3) is 2.93. The van der Waals surface area contributed by atoms with Crippen LogP contribution < -0.4 is 5.69 Å². The van der Waals surface area contributed by atoms with Gasteiger partial charge in [-0.15, -0.1) is 0 Å². The monoisotopic (exact) mass is 336 g/mol. The number of aromatic amines is 1. The molecule has 4 rings (SSSR count). The average molecular weight is 336 g/mol. The first-order chi connectivity index (χ1) is 12.2. The van der Waals surface area contributed by atoms with E-state index in [0.717, 1.165) is 12.8 Å². The van der Waals surface area contributed by atoms with Crippen LogP contribution in [0.2, 0.25) is 0 Å². The van der Waals surface area contributed by atoms with Gasteiger partial charge in [-0.25, -0.2) is 19.4 Å². The van der Waals surface area contributed by atoms with E-state index in [9.17, 15) is 9.59 Å². The fourth-order valence-electron chi connectivity index (χ4n) is 3.13. The van der Waals surface area contributed by atoms with Crippen LogP contribution in [0.5, 0.6) is 0 Å². The van der Waals surface area contributed by atoms with E-state index in [0.29, 0.717) is 23.6 Å². The van der Waals surface area contributed by atoms with Crippen LogP contribution >= 0.6 is 0 Å². The number of hydrogen-bond acceptors (Lipinski definition) is 5. The minimum atomic E-state index is -0.401. The quantitative estimate of drug-likeness (QED) is 0.778. The molecule has 0 unspecified atom stereocenters. The van der Waals surface area contributed by atoms with Gasteiger partial charge >= 0.3 is 5.69 Å². The van der Waals surface area contributed by atoms with Crippen molar-refractivity contribution in [3.63, 3.8) is 0 Å². The van der Waals surface area contributed by atoms with E-state index < -0.39 is 5.69 Å². The summed E-state index contributed by atoms with van der Waals surface area (Å²) in [5.74, 6) is 0.553. The normalized spacial score (nSPS) is 17.0. The number of aromatic nitrogens is 5. The molecule has 0 aliphatic carbocycles. The Balaban J connectivity index is 1.58. The summed E-state index contributed by atoms with van der Waals surface area (Å²) in [6, 6.07) is 6.92. The standard InChI is InChI=1S/C17H16N6O2/c24-16(12-4-5-15(19-11-12)23-10-2-7-20-23)22-9-1-3-14(22)13-6-8-18-17(25)21-13/h2,4-8,10-11,14H,1,3,9H2,(H,18,21,25)/t14-/m0/s1. The maximum atomic E-state index is 12.9. The molecular formula is C17H16N6O2. The van der Waals surface area contributed by atoms with E-state index in [1.54, 1.807) is 46.4 Å². The van der Waals surface area contributed by atoms with E-state index >= 15 is 0 Å². The summed E-state index contributed by atoms with van der Waals surface area (Å²) in [6.45, 7) is 0.648. The Morgan fingerprint density at radius 1 is 1.20 bits per heavy atom. The molecule has 1 fully saturated rings. The number of hydrogen-bond donors (Lipinski definition) is 1. The lowest BCUT2D eigenvalue weighted by atomic mass is 10.1. The molecule has 0 bridgehead atoms. The number of H-pyrrole nitrogens is 1. The molecule has 0 spiro atoms. The minimum absolute atomic E-state index is 0.0975. The largest absolute Gasteiger partial charge is 0.345 e. The van der Waals surface area contributed by atoms with Gasteiger partial charge in [-0.05, 0) is 37.1 Å². The Morgan fingerprint density at radius 2 is 2.12 bits per heavy atom. The number of likely N-dealkylation sites (tertiary alicyclic amines) is 1. The first-order valence-corrected chi connectivity index (χ1v) is 8.04. The Kier molecular flexibility index (Phi) is 3.85. The van der Waals surface area contributed by atoms with Crippen LogP contribution in [0.15, 0.2) is 53.8 Å². The zero-order valence-corrected chi connectivity index (χ0v) is 13.4. The van der Waals surface area contributed by atoms with E-state index in [4.69, 9.17) is 0 Å². The predicted octanol–water partition coefficient (Wildman–Crippen LogP) is 1.33. The molecule has 1 amide bonds. The molecule has 4 heterocycles. The van der Waals surface area contributed by atoms with E-state index in [-0.39, 0.29) is 11.9 Å². The molecule has 1 aliphatic rings.